The highest BCUT2D eigenvalue weighted by atomic mass is 16.5. The molecule has 0 aliphatic carbocycles. The van der Waals surface area contributed by atoms with Crippen LogP contribution in [0.15, 0.2) is 53.1 Å². The highest BCUT2D eigenvalue weighted by molar-refractivity contribution is 6.02. The van der Waals surface area contributed by atoms with Gasteiger partial charge in [0.1, 0.15) is 5.76 Å². The van der Waals surface area contributed by atoms with E-state index in [1.54, 1.807) is 25.1 Å². The number of carbonyl (C=O) groups is 1. The molecule has 0 saturated carbocycles. The van der Waals surface area contributed by atoms with E-state index in [0.717, 1.165) is 12.4 Å². The first-order valence-corrected chi connectivity index (χ1v) is 8.42. The molecule has 0 bridgehead atoms. The minimum atomic E-state index is -0.378. The molecular weight excluding hydrogens is 330 g/mol. The van der Waals surface area contributed by atoms with Gasteiger partial charge in [-0.05, 0) is 38.5 Å². The Morgan fingerprint density at radius 2 is 1.92 bits per heavy atom. The van der Waals surface area contributed by atoms with Crippen LogP contribution < -0.4 is 10.2 Å². The van der Waals surface area contributed by atoms with Gasteiger partial charge in [-0.15, -0.1) is 10.2 Å². The van der Waals surface area contributed by atoms with Gasteiger partial charge in [0, 0.05) is 18.7 Å². The lowest BCUT2D eigenvalue weighted by molar-refractivity contribution is 0.102. The Hall–Kier alpha value is -3.22. The molecule has 0 aliphatic heterocycles. The van der Waals surface area contributed by atoms with E-state index in [-0.39, 0.29) is 17.6 Å². The summed E-state index contributed by atoms with van der Waals surface area (Å²) in [4.78, 5) is 14.4. The molecule has 0 saturated heterocycles. The Morgan fingerprint density at radius 1 is 1.15 bits per heavy atom. The Morgan fingerprint density at radius 3 is 2.50 bits per heavy atom. The molecule has 0 spiro atoms. The first-order valence-electron chi connectivity index (χ1n) is 8.42. The average molecular weight is 351 g/mol. The van der Waals surface area contributed by atoms with Crippen LogP contribution in [0.25, 0.3) is 0 Å². The van der Waals surface area contributed by atoms with Crippen molar-refractivity contribution in [1.29, 1.82) is 0 Å². The molecule has 2 heterocycles. The van der Waals surface area contributed by atoms with Gasteiger partial charge in [-0.2, -0.15) is 0 Å². The van der Waals surface area contributed by atoms with Crippen molar-refractivity contribution in [3.8, 4) is 0 Å². The summed E-state index contributed by atoms with van der Waals surface area (Å²) in [5, 5.41) is 14.7. The van der Waals surface area contributed by atoms with Gasteiger partial charge in [-0.3, -0.25) is 4.79 Å². The third-order valence-corrected chi connectivity index (χ3v) is 3.87. The molecule has 134 valence electrons. The molecule has 26 heavy (non-hydrogen) atoms. The largest absolute Gasteiger partial charge is 0.360 e. The molecule has 0 aliphatic rings. The number of nitrogens with zero attached hydrogens (tertiary/aromatic N) is 4. The lowest BCUT2D eigenvalue weighted by Crippen LogP contribution is -2.31. The predicted octanol–water partition coefficient (Wildman–Crippen LogP) is 3.44. The molecule has 3 rings (SSSR count). The summed E-state index contributed by atoms with van der Waals surface area (Å²) < 4.78 is 4.93. The van der Waals surface area contributed by atoms with E-state index in [0.29, 0.717) is 11.6 Å². The van der Waals surface area contributed by atoms with Crippen molar-refractivity contribution in [3.05, 3.63) is 65.5 Å². The van der Waals surface area contributed by atoms with E-state index in [2.05, 4.69) is 51.6 Å². The number of anilines is 2. The molecule has 0 fully saturated rings. The van der Waals surface area contributed by atoms with Crippen molar-refractivity contribution in [2.45, 2.75) is 33.4 Å². The summed E-state index contributed by atoms with van der Waals surface area (Å²) in [7, 11) is 0. The lowest BCUT2D eigenvalue weighted by atomic mass is 10.2. The number of aryl methyl sites for hydroxylation is 1. The van der Waals surface area contributed by atoms with E-state index < -0.39 is 0 Å². The van der Waals surface area contributed by atoms with Gasteiger partial charge in [-0.25, -0.2) is 0 Å². The number of carbonyl (C=O) groups excluding carboxylic acids is 1. The van der Waals surface area contributed by atoms with E-state index in [1.807, 2.05) is 18.2 Å². The number of nitrogens with one attached hydrogen (secondary N) is 1. The molecule has 1 N–H and O–H groups in total. The summed E-state index contributed by atoms with van der Waals surface area (Å²) in [5.74, 6) is 1.32. The normalized spacial score (nSPS) is 10.8. The summed E-state index contributed by atoms with van der Waals surface area (Å²) in [6.07, 6.45) is 0. The van der Waals surface area contributed by atoms with Crippen LogP contribution >= 0.6 is 0 Å². The van der Waals surface area contributed by atoms with Gasteiger partial charge in [0.2, 0.25) is 0 Å². The molecule has 7 nitrogen and oxygen atoms in total. The fraction of sp³-hybridized carbons (Fsp3) is 0.263. The standard InChI is InChI=1S/C19H21N5O2/c1-13(2)24(12-15-7-5-4-6-8-15)18-10-9-16(21-22-18)19(25)20-17-11-14(3)26-23-17/h4-11,13H,12H2,1-3H3,(H,20,23,25). The summed E-state index contributed by atoms with van der Waals surface area (Å²) >= 11 is 0. The summed E-state index contributed by atoms with van der Waals surface area (Å²) in [6, 6.07) is 15.5. The average Bonchev–Trinajstić information content (AvgIpc) is 3.05. The zero-order valence-electron chi connectivity index (χ0n) is 15.0. The second-order valence-electron chi connectivity index (χ2n) is 6.26. The third-order valence-electron chi connectivity index (χ3n) is 3.87. The Balaban J connectivity index is 1.73. The lowest BCUT2D eigenvalue weighted by Gasteiger charge is -2.27. The van der Waals surface area contributed by atoms with Crippen LogP contribution in [0.2, 0.25) is 0 Å². The second-order valence-corrected chi connectivity index (χ2v) is 6.26. The van der Waals surface area contributed by atoms with E-state index in [9.17, 15) is 4.79 Å². The van der Waals surface area contributed by atoms with Crippen LogP contribution in [0.1, 0.15) is 35.7 Å². The zero-order valence-corrected chi connectivity index (χ0v) is 15.0. The molecule has 1 amide bonds. The molecule has 0 atom stereocenters. The van der Waals surface area contributed by atoms with Crippen molar-refractivity contribution >= 4 is 17.5 Å². The number of hydrogen-bond acceptors (Lipinski definition) is 6. The van der Waals surface area contributed by atoms with Gasteiger partial charge >= 0.3 is 0 Å². The topological polar surface area (TPSA) is 84.2 Å². The number of rotatable bonds is 6. The van der Waals surface area contributed by atoms with Crippen LogP contribution in [0, 0.1) is 6.92 Å². The third kappa shape index (κ3) is 4.24. The first kappa shape index (κ1) is 17.6. The number of aromatic nitrogens is 3. The molecule has 0 radical (unpaired) electrons. The summed E-state index contributed by atoms with van der Waals surface area (Å²) in [6.45, 7) is 6.66. The van der Waals surface area contributed by atoms with Crippen LogP contribution in [0.3, 0.4) is 0 Å². The molecule has 7 heteroatoms. The Bertz CT molecular complexity index is 859. The maximum Gasteiger partial charge on any atom is 0.277 e. The number of amides is 1. The molecular formula is C19H21N5O2. The highest BCUT2D eigenvalue weighted by Crippen LogP contribution is 2.17. The van der Waals surface area contributed by atoms with E-state index in [4.69, 9.17) is 4.52 Å². The van der Waals surface area contributed by atoms with Gasteiger partial charge in [0.05, 0.1) is 0 Å². The highest BCUT2D eigenvalue weighted by Gasteiger charge is 2.16. The van der Waals surface area contributed by atoms with Crippen molar-refractivity contribution in [1.82, 2.24) is 15.4 Å². The Labute approximate surface area is 152 Å². The Kier molecular flexibility index (Phi) is 5.26. The number of benzene rings is 1. The predicted molar refractivity (Wildman–Crippen MR) is 99.0 cm³/mol. The van der Waals surface area contributed by atoms with Crippen LogP contribution in [-0.2, 0) is 6.54 Å². The van der Waals surface area contributed by atoms with Crippen molar-refractivity contribution in [3.63, 3.8) is 0 Å². The summed E-state index contributed by atoms with van der Waals surface area (Å²) in [5.41, 5.74) is 1.41. The minimum absolute atomic E-state index is 0.220. The molecule has 2 aromatic heterocycles. The molecule has 3 aromatic rings. The SMILES string of the molecule is Cc1cc(NC(=O)c2ccc(N(Cc3ccccc3)C(C)C)nn2)no1. The fourth-order valence-corrected chi connectivity index (χ4v) is 2.51. The monoisotopic (exact) mass is 351 g/mol. The number of hydrogen-bond donors (Lipinski definition) is 1. The minimum Gasteiger partial charge on any atom is -0.360 e. The van der Waals surface area contributed by atoms with Crippen molar-refractivity contribution < 1.29 is 9.32 Å². The van der Waals surface area contributed by atoms with Gasteiger partial charge in [0.25, 0.3) is 5.91 Å². The quantitative estimate of drug-likeness (QED) is 0.732. The molecule has 0 unspecified atom stereocenters. The van der Waals surface area contributed by atoms with Gasteiger partial charge in [-0.1, -0.05) is 35.5 Å². The van der Waals surface area contributed by atoms with Gasteiger partial charge in [0.15, 0.2) is 17.3 Å². The van der Waals surface area contributed by atoms with Crippen LogP contribution in [0.4, 0.5) is 11.6 Å². The smallest absolute Gasteiger partial charge is 0.277 e. The van der Waals surface area contributed by atoms with E-state index in [1.165, 1.54) is 5.56 Å². The zero-order chi connectivity index (χ0) is 18.5. The first-order chi connectivity index (χ1) is 12.5. The van der Waals surface area contributed by atoms with Crippen LogP contribution in [-0.4, -0.2) is 27.3 Å². The maximum absolute atomic E-state index is 12.2. The van der Waals surface area contributed by atoms with Crippen molar-refractivity contribution in [2.24, 2.45) is 0 Å². The van der Waals surface area contributed by atoms with E-state index >= 15 is 0 Å². The second kappa shape index (κ2) is 7.77. The van der Waals surface area contributed by atoms with Gasteiger partial charge < -0.3 is 14.7 Å². The van der Waals surface area contributed by atoms with Crippen LogP contribution in [0.5, 0.6) is 0 Å². The maximum atomic E-state index is 12.2. The van der Waals surface area contributed by atoms with Crippen molar-refractivity contribution in [2.75, 3.05) is 10.2 Å². The molecule has 1 aromatic carbocycles. The fourth-order valence-electron chi connectivity index (χ4n) is 2.51.